The number of ether oxygens (including phenoxy) is 2. The molecule has 1 aromatic rings. The van der Waals surface area contributed by atoms with Crippen LogP contribution < -0.4 is 15.4 Å². The smallest absolute Gasteiger partial charge is 0.410 e. The zero-order chi connectivity index (χ0) is 33.7. The lowest BCUT2D eigenvalue weighted by Gasteiger charge is -2.26. The minimum atomic E-state index is -3.93. The van der Waals surface area contributed by atoms with Crippen LogP contribution in [0, 0.1) is 11.7 Å². The molecule has 0 spiro atoms. The van der Waals surface area contributed by atoms with E-state index in [9.17, 15) is 41.6 Å². The van der Waals surface area contributed by atoms with Crippen molar-refractivity contribution in [1.29, 1.82) is 0 Å². The van der Waals surface area contributed by atoms with Crippen LogP contribution in [0.15, 0.2) is 30.9 Å². The standard InChI is InChI=1S/C30H34FN5O10S/c1-2-17-11-30(17,28(41)34-47(43,44)19-6-7-19)33-26(39)22-10-18(45-29(42)35-13-16-4-3-5-21(31)20(16)15-35)14-36(22)24(37)12-32-27(40)23-8-9-25(38)46-23/h2-5,17-19,22-23H,1,6-15H2,(H,32,40)(H,33,39)(H,34,41)/t17?,18?,22-,23+,30+/m0/s1. The van der Waals surface area contributed by atoms with Gasteiger partial charge in [-0.3, -0.25) is 33.6 Å². The number of cyclic esters (lactones) is 1. The summed E-state index contributed by atoms with van der Waals surface area (Å²) >= 11 is 0. The van der Waals surface area contributed by atoms with Crippen LogP contribution in [0.4, 0.5) is 9.18 Å². The molecule has 15 nitrogen and oxygen atoms in total. The van der Waals surface area contributed by atoms with E-state index < -0.39 is 93.0 Å². The second-order valence-electron chi connectivity index (χ2n) is 12.5. The van der Waals surface area contributed by atoms with E-state index in [2.05, 4.69) is 21.9 Å². The van der Waals surface area contributed by atoms with Gasteiger partial charge in [-0.25, -0.2) is 17.6 Å². The first kappa shape index (κ1) is 32.4. The second-order valence-corrected chi connectivity index (χ2v) is 14.4. The van der Waals surface area contributed by atoms with Gasteiger partial charge < -0.3 is 25.0 Å². The Morgan fingerprint density at radius 1 is 1.13 bits per heavy atom. The molecule has 2 saturated heterocycles. The molecule has 3 aliphatic heterocycles. The van der Waals surface area contributed by atoms with E-state index in [0.29, 0.717) is 24.0 Å². The fourth-order valence-corrected chi connectivity index (χ4v) is 7.61. The number of hydrogen-bond donors (Lipinski definition) is 3. The zero-order valence-electron chi connectivity index (χ0n) is 25.2. The monoisotopic (exact) mass is 675 g/mol. The quantitative estimate of drug-likeness (QED) is 0.219. The molecule has 6 rings (SSSR count). The molecule has 252 valence electrons. The lowest BCUT2D eigenvalue weighted by Crippen LogP contribution is -2.57. The summed E-state index contributed by atoms with van der Waals surface area (Å²) in [6, 6.07) is 3.25. The fraction of sp³-hybridized carbons (Fsp3) is 0.533. The van der Waals surface area contributed by atoms with E-state index in [1.807, 2.05) is 0 Å². The first-order chi connectivity index (χ1) is 22.3. The van der Waals surface area contributed by atoms with Crippen molar-refractivity contribution in [1.82, 2.24) is 25.2 Å². The molecule has 4 fully saturated rings. The predicted octanol–water partition coefficient (Wildman–Crippen LogP) is -0.261. The molecule has 5 aliphatic rings. The van der Waals surface area contributed by atoms with Crippen LogP contribution in [0.5, 0.6) is 0 Å². The summed E-state index contributed by atoms with van der Waals surface area (Å²) in [7, 11) is -3.93. The summed E-state index contributed by atoms with van der Waals surface area (Å²) in [6.07, 6.45) is -0.442. The number of benzene rings is 1. The molecule has 5 atom stereocenters. The highest BCUT2D eigenvalue weighted by Crippen LogP contribution is 2.45. The zero-order valence-corrected chi connectivity index (χ0v) is 26.1. The van der Waals surface area contributed by atoms with Gasteiger partial charge in [0.1, 0.15) is 23.5 Å². The number of rotatable bonds is 10. The van der Waals surface area contributed by atoms with Gasteiger partial charge in [0.25, 0.3) is 11.8 Å². The molecule has 2 unspecified atom stereocenters. The Hall–Kier alpha value is -4.54. The molecular formula is C30H34FN5O10S. The third-order valence-corrected chi connectivity index (χ3v) is 11.0. The molecule has 1 aromatic carbocycles. The number of likely N-dealkylation sites (tertiary alicyclic amines) is 1. The summed E-state index contributed by atoms with van der Waals surface area (Å²) in [5.74, 6) is -4.70. The average molecular weight is 676 g/mol. The molecule has 47 heavy (non-hydrogen) atoms. The summed E-state index contributed by atoms with van der Waals surface area (Å²) in [4.78, 5) is 79.6. The van der Waals surface area contributed by atoms with Crippen LogP contribution in [-0.2, 0) is 56.6 Å². The Balaban J connectivity index is 1.15. The summed E-state index contributed by atoms with van der Waals surface area (Å²) in [5.41, 5.74) is -0.627. The minimum Gasteiger partial charge on any atom is -0.452 e. The molecule has 3 N–H and O–H groups in total. The number of hydrogen-bond acceptors (Lipinski definition) is 10. The van der Waals surface area contributed by atoms with Crippen LogP contribution in [-0.4, -0.2) is 96.0 Å². The number of halogens is 1. The van der Waals surface area contributed by atoms with E-state index in [-0.39, 0.29) is 45.3 Å². The van der Waals surface area contributed by atoms with Crippen molar-refractivity contribution in [3.8, 4) is 0 Å². The molecule has 0 aromatic heterocycles. The van der Waals surface area contributed by atoms with Gasteiger partial charge in [0.15, 0.2) is 6.10 Å². The van der Waals surface area contributed by atoms with E-state index in [1.54, 1.807) is 6.07 Å². The van der Waals surface area contributed by atoms with Crippen molar-refractivity contribution >= 4 is 45.7 Å². The van der Waals surface area contributed by atoms with Gasteiger partial charge in [-0.05, 0) is 30.9 Å². The van der Waals surface area contributed by atoms with E-state index >= 15 is 0 Å². The number of nitrogens with one attached hydrogen (secondary N) is 3. The first-order valence-corrected chi connectivity index (χ1v) is 16.8. The van der Waals surface area contributed by atoms with Crippen LogP contribution in [0.3, 0.4) is 0 Å². The Kier molecular flexibility index (Phi) is 8.44. The highest BCUT2D eigenvalue weighted by atomic mass is 32.2. The summed E-state index contributed by atoms with van der Waals surface area (Å²) in [5, 5.41) is 4.34. The molecule has 0 radical (unpaired) electrons. The molecule has 17 heteroatoms. The van der Waals surface area contributed by atoms with Gasteiger partial charge in [-0.2, -0.15) is 0 Å². The third-order valence-electron chi connectivity index (χ3n) is 9.18. The second kappa shape index (κ2) is 12.2. The molecule has 2 saturated carbocycles. The minimum absolute atomic E-state index is 0.0256. The van der Waals surface area contributed by atoms with Crippen LogP contribution in [0.1, 0.15) is 49.7 Å². The molecule has 3 heterocycles. The SMILES string of the molecule is C=CC1C[C@]1(NC(=O)[C@@H]1CC(OC(=O)N2Cc3cccc(F)c3C2)CN1C(=O)CNC(=O)[C@H]1CCC(=O)O1)C(=O)NS(=O)(=O)C1CC1. The van der Waals surface area contributed by atoms with Gasteiger partial charge in [-0.15, -0.1) is 6.58 Å². The average Bonchev–Trinajstić information content (AvgIpc) is 3.85. The topological polar surface area (TPSA) is 198 Å². The maximum absolute atomic E-state index is 14.3. The normalized spacial score (nSPS) is 27.8. The number of sulfonamides is 1. The van der Waals surface area contributed by atoms with E-state index in [0.717, 1.165) is 4.90 Å². The van der Waals surface area contributed by atoms with Gasteiger partial charge >= 0.3 is 12.1 Å². The van der Waals surface area contributed by atoms with Crippen LogP contribution in [0.2, 0.25) is 0 Å². The number of carbonyl (C=O) groups excluding carboxylic acids is 6. The van der Waals surface area contributed by atoms with Gasteiger partial charge in [-0.1, -0.05) is 18.2 Å². The summed E-state index contributed by atoms with van der Waals surface area (Å²) < 4.78 is 51.9. The number of carbonyl (C=O) groups is 6. The lowest BCUT2D eigenvalue weighted by atomic mass is 10.1. The molecule has 2 aliphatic carbocycles. The molecule has 5 amide bonds. The van der Waals surface area contributed by atoms with Crippen molar-refractivity contribution in [2.75, 3.05) is 13.1 Å². The Morgan fingerprint density at radius 2 is 1.89 bits per heavy atom. The van der Waals surface area contributed by atoms with Gasteiger partial charge in [0.2, 0.25) is 21.8 Å². The first-order valence-electron chi connectivity index (χ1n) is 15.3. The Morgan fingerprint density at radius 3 is 2.53 bits per heavy atom. The van der Waals surface area contributed by atoms with Crippen LogP contribution >= 0.6 is 0 Å². The fourth-order valence-electron chi connectivity index (χ4n) is 6.24. The maximum atomic E-state index is 14.3. The number of esters is 1. The lowest BCUT2D eigenvalue weighted by molar-refractivity contribution is -0.148. The van der Waals surface area contributed by atoms with Gasteiger partial charge in [0, 0.05) is 37.3 Å². The van der Waals surface area contributed by atoms with E-state index in [1.165, 1.54) is 23.1 Å². The van der Waals surface area contributed by atoms with Crippen LogP contribution in [0.25, 0.3) is 0 Å². The summed E-state index contributed by atoms with van der Waals surface area (Å²) in [6.45, 7) is 2.94. The van der Waals surface area contributed by atoms with Crippen molar-refractivity contribution in [3.05, 3.63) is 47.8 Å². The van der Waals surface area contributed by atoms with Gasteiger partial charge in [0.05, 0.1) is 24.9 Å². The third kappa shape index (κ3) is 6.53. The Bertz CT molecular complexity index is 1670. The molecular weight excluding hydrogens is 641 g/mol. The van der Waals surface area contributed by atoms with E-state index in [4.69, 9.17) is 9.47 Å². The molecule has 0 bridgehead atoms. The van der Waals surface area contributed by atoms with Crippen molar-refractivity contribution < 1.29 is 51.0 Å². The number of fused-ring (bicyclic) bond motifs is 1. The predicted molar refractivity (Wildman–Crippen MR) is 157 cm³/mol. The number of amides is 5. The van der Waals surface area contributed by atoms with Crippen molar-refractivity contribution in [2.24, 2.45) is 5.92 Å². The highest BCUT2D eigenvalue weighted by Gasteiger charge is 2.62. The largest absolute Gasteiger partial charge is 0.452 e. The Labute approximate surface area is 269 Å². The van der Waals surface area contributed by atoms with Crippen molar-refractivity contribution in [2.45, 2.75) is 80.7 Å². The van der Waals surface area contributed by atoms with Crippen molar-refractivity contribution in [3.63, 3.8) is 0 Å². The maximum Gasteiger partial charge on any atom is 0.410 e. The number of nitrogens with zero attached hydrogens (tertiary/aromatic N) is 2. The highest BCUT2D eigenvalue weighted by molar-refractivity contribution is 7.91.